The highest BCUT2D eigenvalue weighted by Crippen LogP contribution is 2.36. The molecule has 25 heavy (non-hydrogen) atoms. The number of rotatable bonds is 7. The van der Waals surface area contributed by atoms with Crippen molar-refractivity contribution in [2.45, 2.75) is 18.2 Å². The fourth-order valence-electron chi connectivity index (χ4n) is 2.12. The van der Waals surface area contributed by atoms with Gasteiger partial charge >= 0.3 is 0 Å². The molecule has 2 rings (SSSR count). The van der Waals surface area contributed by atoms with Crippen molar-refractivity contribution in [1.82, 2.24) is 4.83 Å². The number of methoxy groups -OCH3 is 2. The molecule has 0 atom stereocenters. The highest BCUT2D eigenvalue weighted by Gasteiger charge is 2.13. The normalized spacial score (nSPS) is 11.5. The zero-order chi connectivity index (χ0) is 18.4. The maximum absolute atomic E-state index is 12.2. The van der Waals surface area contributed by atoms with Gasteiger partial charge in [0.1, 0.15) is 0 Å². The van der Waals surface area contributed by atoms with E-state index in [1.165, 1.54) is 44.7 Å². The van der Waals surface area contributed by atoms with Gasteiger partial charge in [0, 0.05) is 5.56 Å². The van der Waals surface area contributed by atoms with Crippen LogP contribution in [0, 0.1) is 0 Å². The summed E-state index contributed by atoms with van der Waals surface area (Å²) >= 11 is 0. The van der Waals surface area contributed by atoms with Gasteiger partial charge in [0.15, 0.2) is 11.5 Å². The number of hydrazone groups is 1. The summed E-state index contributed by atoms with van der Waals surface area (Å²) < 4.78 is 34.5. The quantitative estimate of drug-likeness (QED) is 0.580. The number of phenolic OH excluding ortho intramolecular Hbond substituents is 1. The molecule has 8 heteroatoms. The minimum atomic E-state index is -3.75. The molecule has 7 nitrogen and oxygen atoms in total. The average Bonchev–Trinajstić information content (AvgIpc) is 2.62. The molecule has 0 saturated heterocycles. The number of aromatic hydroxyl groups is 1. The zero-order valence-corrected chi connectivity index (χ0v) is 15.0. The molecule has 0 fully saturated rings. The molecular weight excluding hydrogens is 344 g/mol. The van der Waals surface area contributed by atoms with Crippen LogP contribution in [0.3, 0.4) is 0 Å². The number of hydrogen-bond donors (Lipinski definition) is 2. The van der Waals surface area contributed by atoms with Crippen LogP contribution in [0.15, 0.2) is 46.4 Å². The van der Waals surface area contributed by atoms with Gasteiger partial charge in [0.2, 0.25) is 5.75 Å². The van der Waals surface area contributed by atoms with Crippen molar-refractivity contribution in [2.24, 2.45) is 5.10 Å². The van der Waals surface area contributed by atoms with Crippen LogP contribution in [0.1, 0.15) is 18.1 Å². The maximum atomic E-state index is 12.2. The van der Waals surface area contributed by atoms with Crippen LogP contribution in [0.4, 0.5) is 0 Å². The van der Waals surface area contributed by atoms with Gasteiger partial charge in [-0.2, -0.15) is 13.5 Å². The van der Waals surface area contributed by atoms with E-state index >= 15 is 0 Å². The fraction of sp³-hybridized carbons (Fsp3) is 0.235. The lowest BCUT2D eigenvalue weighted by Crippen LogP contribution is -2.18. The number of nitrogens with one attached hydrogen (secondary N) is 1. The Hall–Kier alpha value is -2.74. The largest absolute Gasteiger partial charge is 0.502 e. The minimum Gasteiger partial charge on any atom is -0.502 e. The number of sulfonamides is 1. The molecule has 0 bridgehead atoms. The van der Waals surface area contributed by atoms with Crippen LogP contribution < -0.4 is 14.3 Å². The predicted molar refractivity (Wildman–Crippen MR) is 94.9 cm³/mol. The lowest BCUT2D eigenvalue weighted by molar-refractivity contribution is 0.340. The van der Waals surface area contributed by atoms with Crippen LogP contribution in [0.5, 0.6) is 17.2 Å². The topological polar surface area (TPSA) is 97.2 Å². The van der Waals surface area contributed by atoms with Crippen LogP contribution in [0.25, 0.3) is 0 Å². The number of benzene rings is 2. The Bertz CT molecular complexity index is 836. The maximum Gasteiger partial charge on any atom is 0.276 e. The first-order valence-corrected chi connectivity index (χ1v) is 8.98. The molecule has 2 N–H and O–H groups in total. The van der Waals surface area contributed by atoms with E-state index < -0.39 is 10.0 Å². The van der Waals surface area contributed by atoms with E-state index in [2.05, 4.69) is 9.93 Å². The third kappa shape index (κ3) is 4.42. The standard InChI is InChI=1S/C17H20N2O5S/c1-4-12-5-7-14(8-6-12)25(21,22)19-18-11-13-9-15(23-2)17(20)16(10-13)24-3/h5-11,19-20H,4H2,1-3H3. The van der Waals surface area contributed by atoms with Gasteiger partial charge in [-0.15, -0.1) is 0 Å². The molecule has 0 heterocycles. The summed E-state index contributed by atoms with van der Waals surface area (Å²) in [5.74, 6) is 0.247. The Kier molecular flexibility index (Phi) is 5.87. The Morgan fingerprint density at radius 1 is 1.12 bits per heavy atom. The van der Waals surface area contributed by atoms with E-state index in [1.807, 2.05) is 6.92 Å². The SMILES string of the molecule is CCc1ccc(S(=O)(=O)NN=Cc2cc(OC)c(O)c(OC)c2)cc1. The van der Waals surface area contributed by atoms with Crippen LogP contribution in [-0.2, 0) is 16.4 Å². The molecular formula is C17H20N2O5S. The first kappa shape index (κ1) is 18.6. The average molecular weight is 364 g/mol. The monoisotopic (exact) mass is 364 g/mol. The molecule has 0 aliphatic heterocycles. The molecule has 134 valence electrons. The van der Waals surface area contributed by atoms with E-state index in [-0.39, 0.29) is 22.1 Å². The van der Waals surface area contributed by atoms with Crippen molar-refractivity contribution in [3.8, 4) is 17.2 Å². The van der Waals surface area contributed by atoms with Crippen molar-refractivity contribution in [3.63, 3.8) is 0 Å². The second-order valence-electron chi connectivity index (χ2n) is 5.12. The number of aryl methyl sites for hydroxylation is 1. The highest BCUT2D eigenvalue weighted by molar-refractivity contribution is 7.89. The van der Waals surface area contributed by atoms with Crippen LogP contribution in [-0.4, -0.2) is 34.0 Å². The number of phenols is 1. The zero-order valence-electron chi connectivity index (χ0n) is 14.2. The van der Waals surface area contributed by atoms with Gasteiger partial charge < -0.3 is 14.6 Å². The second-order valence-corrected chi connectivity index (χ2v) is 6.79. The van der Waals surface area contributed by atoms with E-state index in [0.29, 0.717) is 5.56 Å². The third-order valence-electron chi connectivity index (χ3n) is 3.53. The van der Waals surface area contributed by atoms with Gasteiger partial charge in [-0.1, -0.05) is 19.1 Å². The van der Waals surface area contributed by atoms with Crippen molar-refractivity contribution in [1.29, 1.82) is 0 Å². The molecule has 0 aliphatic carbocycles. The van der Waals surface area contributed by atoms with Crippen molar-refractivity contribution >= 4 is 16.2 Å². The second kappa shape index (κ2) is 7.89. The summed E-state index contributed by atoms with van der Waals surface area (Å²) in [5.41, 5.74) is 1.54. The molecule has 0 aromatic heterocycles. The van der Waals surface area contributed by atoms with E-state index in [9.17, 15) is 13.5 Å². The third-order valence-corrected chi connectivity index (χ3v) is 4.77. The Morgan fingerprint density at radius 2 is 1.68 bits per heavy atom. The summed E-state index contributed by atoms with van der Waals surface area (Å²) in [6, 6.07) is 9.59. The first-order chi connectivity index (χ1) is 11.9. The van der Waals surface area contributed by atoms with Gasteiger partial charge in [-0.3, -0.25) is 0 Å². The predicted octanol–water partition coefficient (Wildman–Crippen LogP) is 2.28. The molecule has 0 amide bonds. The molecule has 0 saturated carbocycles. The molecule has 2 aromatic rings. The van der Waals surface area contributed by atoms with E-state index in [0.717, 1.165) is 12.0 Å². The van der Waals surface area contributed by atoms with Crippen molar-refractivity contribution in [2.75, 3.05) is 14.2 Å². The Labute approximate surface area is 147 Å². The fourth-order valence-corrected chi connectivity index (χ4v) is 2.91. The van der Waals surface area contributed by atoms with Gasteiger partial charge in [-0.05, 0) is 36.2 Å². The first-order valence-electron chi connectivity index (χ1n) is 7.50. The highest BCUT2D eigenvalue weighted by atomic mass is 32.2. The summed E-state index contributed by atoms with van der Waals surface area (Å²) in [7, 11) is -0.953. The molecule has 0 unspecified atom stereocenters. The van der Waals surface area contributed by atoms with Crippen molar-refractivity contribution in [3.05, 3.63) is 47.5 Å². The van der Waals surface area contributed by atoms with Gasteiger partial charge in [0.05, 0.1) is 25.3 Å². The summed E-state index contributed by atoms with van der Waals surface area (Å²) in [6.45, 7) is 1.99. The molecule has 0 spiro atoms. The van der Waals surface area contributed by atoms with E-state index in [4.69, 9.17) is 9.47 Å². The minimum absolute atomic E-state index is 0.128. The smallest absolute Gasteiger partial charge is 0.276 e. The number of nitrogens with zero attached hydrogens (tertiary/aromatic N) is 1. The Morgan fingerprint density at radius 3 is 2.16 bits per heavy atom. The molecule has 0 aliphatic rings. The van der Waals surface area contributed by atoms with Crippen LogP contribution >= 0.6 is 0 Å². The number of ether oxygens (including phenoxy) is 2. The van der Waals surface area contributed by atoms with E-state index in [1.54, 1.807) is 12.1 Å². The Balaban J connectivity index is 2.19. The van der Waals surface area contributed by atoms with Gasteiger partial charge in [0.25, 0.3) is 10.0 Å². The van der Waals surface area contributed by atoms with Crippen LogP contribution in [0.2, 0.25) is 0 Å². The lowest BCUT2D eigenvalue weighted by Gasteiger charge is -2.09. The lowest BCUT2D eigenvalue weighted by atomic mass is 10.2. The van der Waals surface area contributed by atoms with Gasteiger partial charge in [-0.25, -0.2) is 4.83 Å². The van der Waals surface area contributed by atoms with Crippen molar-refractivity contribution < 1.29 is 23.0 Å². The summed E-state index contributed by atoms with van der Waals surface area (Å²) in [4.78, 5) is 2.28. The molecule has 2 aromatic carbocycles. The summed E-state index contributed by atoms with van der Waals surface area (Å²) in [6.07, 6.45) is 2.12. The summed E-state index contributed by atoms with van der Waals surface area (Å²) in [5, 5.41) is 13.6. The number of hydrogen-bond acceptors (Lipinski definition) is 6. The molecule has 0 radical (unpaired) electrons.